The maximum absolute atomic E-state index is 12.0. The smallest absolute Gasteiger partial charge is 0.247 e. The third-order valence-electron chi connectivity index (χ3n) is 3.15. The molecule has 2 N–H and O–H groups in total. The van der Waals surface area contributed by atoms with Crippen molar-refractivity contribution in [3.63, 3.8) is 0 Å². The topological polar surface area (TPSA) is 41.1 Å². The average molecular weight is 250 g/mol. The van der Waals surface area contributed by atoms with Gasteiger partial charge in [0.25, 0.3) is 0 Å². The van der Waals surface area contributed by atoms with Gasteiger partial charge in [-0.1, -0.05) is 13.0 Å². The fraction of sp³-hybridized carbons (Fsp3) is 0.462. The fourth-order valence-electron chi connectivity index (χ4n) is 1.81. The molecule has 0 spiro atoms. The normalized spacial score (nSPS) is 16.2. The highest BCUT2D eigenvalue weighted by Gasteiger charge is 2.19. The number of carbonyl (C=O) groups excluding carboxylic acids is 1. The largest absolute Gasteiger partial charge is 0.345 e. The Bertz CT molecular complexity index is 417. The van der Waals surface area contributed by atoms with Gasteiger partial charge in [0.2, 0.25) is 5.91 Å². The molecule has 1 amide bonds. The Labute approximate surface area is 106 Å². The van der Waals surface area contributed by atoms with E-state index in [4.69, 9.17) is 0 Å². The third-order valence-corrected chi connectivity index (χ3v) is 4.13. The molecule has 1 aliphatic heterocycles. The molecule has 1 saturated heterocycles. The molecule has 1 fully saturated rings. The van der Waals surface area contributed by atoms with Gasteiger partial charge in [-0.05, 0) is 30.4 Å². The lowest BCUT2D eigenvalue weighted by Gasteiger charge is -2.23. The van der Waals surface area contributed by atoms with Crippen molar-refractivity contribution in [3.05, 3.63) is 33.5 Å². The minimum absolute atomic E-state index is 0.0711. The molecule has 2 rings (SSSR count). The number of hydrogen-bond donors (Lipinski definition) is 2. The summed E-state index contributed by atoms with van der Waals surface area (Å²) >= 11 is 1.69. The summed E-state index contributed by atoms with van der Waals surface area (Å²) in [6, 6.07) is 4.24. The van der Waals surface area contributed by atoms with Crippen molar-refractivity contribution in [1.82, 2.24) is 10.6 Å². The van der Waals surface area contributed by atoms with Crippen molar-refractivity contribution >= 4 is 17.2 Å². The Morgan fingerprint density at radius 3 is 2.82 bits per heavy atom. The molecule has 1 unspecified atom stereocenters. The number of carbonyl (C=O) groups is 1. The first-order valence-electron chi connectivity index (χ1n) is 5.96. The molecule has 92 valence electrons. The highest BCUT2D eigenvalue weighted by molar-refractivity contribution is 7.10. The van der Waals surface area contributed by atoms with Crippen LogP contribution in [-0.2, 0) is 4.79 Å². The van der Waals surface area contributed by atoms with Crippen LogP contribution in [-0.4, -0.2) is 19.0 Å². The van der Waals surface area contributed by atoms with E-state index < -0.39 is 0 Å². The molecule has 4 heteroatoms. The van der Waals surface area contributed by atoms with Gasteiger partial charge in [0.1, 0.15) is 0 Å². The van der Waals surface area contributed by atoms with E-state index in [-0.39, 0.29) is 11.9 Å². The zero-order valence-electron chi connectivity index (χ0n) is 10.2. The zero-order valence-corrected chi connectivity index (χ0v) is 11.1. The van der Waals surface area contributed by atoms with Crippen LogP contribution in [0.5, 0.6) is 0 Å². The van der Waals surface area contributed by atoms with Crippen LogP contribution in [0.15, 0.2) is 28.7 Å². The Morgan fingerprint density at radius 1 is 1.59 bits per heavy atom. The molecule has 0 bridgehead atoms. The predicted molar refractivity (Wildman–Crippen MR) is 71.1 cm³/mol. The van der Waals surface area contributed by atoms with Crippen molar-refractivity contribution in [2.45, 2.75) is 26.3 Å². The van der Waals surface area contributed by atoms with E-state index >= 15 is 0 Å². The van der Waals surface area contributed by atoms with Gasteiger partial charge in [-0.15, -0.1) is 11.3 Å². The van der Waals surface area contributed by atoms with Crippen molar-refractivity contribution in [3.8, 4) is 0 Å². The lowest BCUT2D eigenvalue weighted by atomic mass is 10.0. The minimum atomic E-state index is 0.0711. The van der Waals surface area contributed by atoms with Gasteiger partial charge >= 0.3 is 0 Å². The standard InChI is InChI=1S/C13H18N2OS/c1-3-11(12-5-4-6-17-12)15-13(16)9(2)10-7-14-8-10/h4-6,11,14H,3,7-8H2,1-2H3,(H,15,16). The lowest BCUT2D eigenvalue weighted by Crippen LogP contribution is -2.38. The predicted octanol–water partition coefficient (Wildman–Crippen LogP) is 2.24. The zero-order chi connectivity index (χ0) is 12.3. The number of amides is 1. The van der Waals surface area contributed by atoms with Gasteiger partial charge in [-0.2, -0.15) is 0 Å². The Hall–Kier alpha value is -1.13. The summed E-state index contributed by atoms with van der Waals surface area (Å²) in [6.07, 6.45) is 0.924. The number of hydrogen-bond acceptors (Lipinski definition) is 3. The first-order chi connectivity index (χ1) is 8.22. The van der Waals surface area contributed by atoms with Crippen LogP contribution in [0.3, 0.4) is 0 Å². The van der Waals surface area contributed by atoms with Crippen LogP contribution in [0.4, 0.5) is 0 Å². The van der Waals surface area contributed by atoms with E-state index in [0.29, 0.717) is 0 Å². The minimum Gasteiger partial charge on any atom is -0.345 e. The van der Waals surface area contributed by atoms with Gasteiger partial charge < -0.3 is 10.6 Å². The molecule has 2 heterocycles. The summed E-state index contributed by atoms with van der Waals surface area (Å²) in [5.41, 5.74) is 2.10. The fourth-order valence-corrected chi connectivity index (χ4v) is 2.67. The molecule has 1 aliphatic rings. The molecule has 17 heavy (non-hydrogen) atoms. The monoisotopic (exact) mass is 250 g/mol. The molecule has 0 radical (unpaired) electrons. The molecular formula is C13H18N2OS. The third kappa shape index (κ3) is 2.76. The molecule has 0 aliphatic carbocycles. The van der Waals surface area contributed by atoms with Crippen LogP contribution in [0, 0.1) is 0 Å². The van der Waals surface area contributed by atoms with E-state index in [1.165, 1.54) is 10.5 Å². The summed E-state index contributed by atoms with van der Waals surface area (Å²) in [7, 11) is 0. The van der Waals surface area contributed by atoms with Crippen molar-refractivity contribution in [1.29, 1.82) is 0 Å². The van der Waals surface area contributed by atoms with E-state index in [1.54, 1.807) is 11.3 Å². The van der Waals surface area contributed by atoms with Gasteiger partial charge in [0, 0.05) is 23.5 Å². The molecular weight excluding hydrogens is 232 g/mol. The van der Waals surface area contributed by atoms with Crippen LogP contribution in [0.25, 0.3) is 0 Å². The Balaban J connectivity index is 2.02. The number of rotatable bonds is 4. The van der Waals surface area contributed by atoms with Crippen molar-refractivity contribution in [2.24, 2.45) is 0 Å². The van der Waals surface area contributed by atoms with Crippen LogP contribution < -0.4 is 10.6 Å². The molecule has 3 nitrogen and oxygen atoms in total. The van der Waals surface area contributed by atoms with Crippen LogP contribution >= 0.6 is 11.3 Å². The van der Waals surface area contributed by atoms with E-state index in [1.807, 2.05) is 18.4 Å². The Morgan fingerprint density at radius 2 is 2.35 bits per heavy atom. The average Bonchev–Trinajstić information content (AvgIpc) is 2.76. The molecule has 1 atom stereocenters. The summed E-state index contributed by atoms with van der Waals surface area (Å²) in [4.78, 5) is 13.3. The van der Waals surface area contributed by atoms with E-state index in [0.717, 1.165) is 25.1 Å². The number of nitrogens with one attached hydrogen (secondary N) is 2. The Kier molecular flexibility index (Phi) is 3.97. The summed E-state index contributed by atoms with van der Waals surface area (Å²) in [6.45, 7) is 5.72. The highest BCUT2D eigenvalue weighted by Crippen LogP contribution is 2.22. The number of thiophene rings is 1. The SMILES string of the molecule is CCC(NC(=O)C(C)=C1CNC1)c1cccs1. The maximum atomic E-state index is 12.0. The highest BCUT2D eigenvalue weighted by atomic mass is 32.1. The van der Waals surface area contributed by atoms with E-state index in [9.17, 15) is 4.79 Å². The summed E-state index contributed by atoms with van der Waals surface area (Å²) in [5, 5.41) is 8.31. The second-order valence-corrected chi connectivity index (χ2v) is 5.26. The van der Waals surface area contributed by atoms with Crippen molar-refractivity contribution in [2.75, 3.05) is 13.1 Å². The van der Waals surface area contributed by atoms with Gasteiger partial charge in [-0.3, -0.25) is 4.79 Å². The summed E-state index contributed by atoms with van der Waals surface area (Å²) in [5.74, 6) is 0.0711. The van der Waals surface area contributed by atoms with E-state index in [2.05, 4.69) is 23.6 Å². The van der Waals surface area contributed by atoms with Crippen molar-refractivity contribution < 1.29 is 4.79 Å². The second kappa shape index (κ2) is 5.47. The molecule has 1 aromatic rings. The molecule has 1 aromatic heterocycles. The lowest BCUT2D eigenvalue weighted by molar-refractivity contribution is -0.118. The quantitative estimate of drug-likeness (QED) is 0.805. The molecule has 0 saturated carbocycles. The summed E-state index contributed by atoms with van der Waals surface area (Å²) < 4.78 is 0. The van der Waals surface area contributed by atoms with Crippen LogP contribution in [0.1, 0.15) is 31.2 Å². The van der Waals surface area contributed by atoms with Gasteiger partial charge in [0.15, 0.2) is 0 Å². The first-order valence-corrected chi connectivity index (χ1v) is 6.84. The van der Waals surface area contributed by atoms with Gasteiger partial charge in [0.05, 0.1) is 6.04 Å². The second-order valence-electron chi connectivity index (χ2n) is 4.28. The first kappa shape index (κ1) is 12.3. The van der Waals surface area contributed by atoms with Crippen LogP contribution in [0.2, 0.25) is 0 Å². The molecule has 0 aromatic carbocycles. The maximum Gasteiger partial charge on any atom is 0.247 e. The van der Waals surface area contributed by atoms with Gasteiger partial charge in [-0.25, -0.2) is 0 Å².